The molecule has 2 aromatic rings. The molecule has 0 aromatic carbocycles. The molecule has 3 amide bonds. The zero-order valence-corrected chi connectivity index (χ0v) is 17.4. The lowest BCUT2D eigenvalue weighted by molar-refractivity contribution is -0.145. The number of nitrogens with one attached hydrogen (secondary N) is 1. The first kappa shape index (κ1) is 21.4. The van der Waals surface area contributed by atoms with E-state index in [1.807, 2.05) is 0 Å². The number of carbonyl (C=O) groups excluding carboxylic acids is 4. The summed E-state index contributed by atoms with van der Waals surface area (Å²) >= 11 is 1.28. The van der Waals surface area contributed by atoms with E-state index in [1.165, 1.54) is 41.4 Å². The number of nitrogens with zero attached hydrogens (tertiary/aromatic N) is 3. The van der Waals surface area contributed by atoms with E-state index in [2.05, 4.69) is 15.0 Å². The minimum Gasteiger partial charge on any atom is -0.467 e. The predicted molar refractivity (Wildman–Crippen MR) is 109 cm³/mol. The van der Waals surface area contributed by atoms with Gasteiger partial charge in [-0.3, -0.25) is 19.4 Å². The highest BCUT2D eigenvalue weighted by Crippen LogP contribution is 2.19. The number of aromatic nitrogens is 1. The Hall–Kier alpha value is -3.27. The maximum absolute atomic E-state index is 13.0. The lowest BCUT2D eigenvalue weighted by Crippen LogP contribution is -2.62. The van der Waals surface area contributed by atoms with Gasteiger partial charge < -0.3 is 19.9 Å². The third-order valence-electron chi connectivity index (χ3n) is 4.79. The molecule has 2 aromatic heterocycles. The summed E-state index contributed by atoms with van der Waals surface area (Å²) in [7, 11) is 1.23. The SMILES string of the molecule is COC(=O)[C@@H](C)NC(=O)[C@@H]1CN(C(=O)c2cccnc2)CCN1C(=O)c1cccs1. The van der Waals surface area contributed by atoms with E-state index in [1.54, 1.807) is 35.8 Å². The fourth-order valence-corrected chi connectivity index (χ4v) is 3.87. The van der Waals surface area contributed by atoms with E-state index in [0.717, 1.165) is 0 Å². The van der Waals surface area contributed by atoms with Crippen molar-refractivity contribution in [2.45, 2.75) is 19.0 Å². The first-order chi connectivity index (χ1) is 14.4. The van der Waals surface area contributed by atoms with E-state index in [-0.39, 0.29) is 31.4 Å². The largest absolute Gasteiger partial charge is 0.467 e. The molecule has 1 saturated heterocycles. The number of thiophene rings is 1. The van der Waals surface area contributed by atoms with E-state index in [0.29, 0.717) is 10.4 Å². The molecule has 1 N–H and O–H groups in total. The number of pyridine rings is 1. The summed E-state index contributed by atoms with van der Waals surface area (Å²) in [5.41, 5.74) is 0.401. The van der Waals surface area contributed by atoms with E-state index < -0.39 is 24.0 Å². The van der Waals surface area contributed by atoms with Gasteiger partial charge in [-0.05, 0) is 30.5 Å². The Bertz CT molecular complexity index is 919. The van der Waals surface area contributed by atoms with Gasteiger partial charge in [0.05, 0.1) is 24.1 Å². The highest BCUT2D eigenvalue weighted by molar-refractivity contribution is 7.12. The molecule has 1 fully saturated rings. The minimum absolute atomic E-state index is 0.00453. The van der Waals surface area contributed by atoms with Gasteiger partial charge in [0.25, 0.3) is 11.8 Å². The molecule has 30 heavy (non-hydrogen) atoms. The van der Waals surface area contributed by atoms with Crippen molar-refractivity contribution in [3.05, 3.63) is 52.5 Å². The number of methoxy groups -OCH3 is 1. The van der Waals surface area contributed by atoms with Gasteiger partial charge in [-0.15, -0.1) is 11.3 Å². The highest BCUT2D eigenvalue weighted by atomic mass is 32.1. The molecule has 158 valence electrons. The van der Waals surface area contributed by atoms with Gasteiger partial charge in [0.1, 0.15) is 12.1 Å². The predicted octanol–water partition coefficient (Wildman–Crippen LogP) is 0.788. The van der Waals surface area contributed by atoms with Gasteiger partial charge in [0.15, 0.2) is 0 Å². The summed E-state index contributed by atoms with van der Waals surface area (Å²) < 4.78 is 4.65. The molecule has 3 rings (SSSR count). The lowest BCUT2D eigenvalue weighted by atomic mass is 10.1. The molecule has 0 aliphatic carbocycles. The lowest BCUT2D eigenvalue weighted by Gasteiger charge is -2.40. The summed E-state index contributed by atoms with van der Waals surface area (Å²) in [4.78, 5) is 57.9. The quantitative estimate of drug-likeness (QED) is 0.703. The van der Waals surface area contributed by atoms with Crippen molar-refractivity contribution in [1.29, 1.82) is 0 Å². The molecule has 1 aliphatic heterocycles. The standard InChI is InChI=1S/C20H22N4O5S/c1-13(20(28)29-2)22-17(25)15-12-23(18(26)14-5-3-7-21-11-14)8-9-24(15)19(27)16-6-4-10-30-16/h3-7,10-11,13,15H,8-9,12H2,1-2H3,(H,22,25)/t13-,15+/m1/s1. The molecule has 0 unspecified atom stereocenters. The second-order valence-corrected chi connectivity index (χ2v) is 7.69. The van der Waals surface area contributed by atoms with Crippen LogP contribution in [-0.4, -0.2) is 77.3 Å². The van der Waals surface area contributed by atoms with Crippen LogP contribution in [0.15, 0.2) is 42.0 Å². The average molecular weight is 430 g/mol. The summed E-state index contributed by atoms with van der Waals surface area (Å²) in [6.07, 6.45) is 3.03. The van der Waals surface area contributed by atoms with Crippen LogP contribution in [-0.2, 0) is 14.3 Å². The molecule has 0 radical (unpaired) electrons. The number of esters is 1. The van der Waals surface area contributed by atoms with Gasteiger partial charge in [-0.25, -0.2) is 4.79 Å². The van der Waals surface area contributed by atoms with E-state index in [9.17, 15) is 19.2 Å². The fraction of sp³-hybridized carbons (Fsp3) is 0.350. The van der Waals surface area contributed by atoms with Crippen LogP contribution in [0, 0.1) is 0 Å². The fourth-order valence-electron chi connectivity index (χ4n) is 3.19. The van der Waals surface area contributed by atoms with Crippen LogP contribution in [0.3, 0.4) is 0 Å². The van der Waals surface area contributed by atoms with Gasteiger partial charge in [0.2, 0.25) is 5.91 Å². The van der Waals surface area contributed by atoms with Gasteiger partial charge >= 0.3 is 5.97 Å². The molecule has 0 bridgehead atoms. The second kappa shape index (κ2) is 9.49. The Kier molecular flexibility index (Phi) is 6.78. The molecule has 0 spiro atoms. The summed E-state index contributed by atoms with van der Waals surface area (Å²) in [5, 5.41) is 4.36. The minimum atomic E-state index is -0.943. The number of carbonyl (C=O) groups is 4. The Morgan fingerprint density at radius 2 is 2.00 bits per heavy atom. The van der Waals surface area contributed by atoms with Crippen LogP contribution in [0.2, 0.25) is 0 Å². The van der Waals surface area contributed by atoms with Crippen molar-refractivity contribution in [1.82, 2.24) is 20.1 Å². The number of hydrogen-bond donors (Lipinski definition) is 1. The van der Waals surface area contributed by atoms with Crippen LogP contribution >= 0.6 is 11.3 Å². The zero-order chi connectivity index (χ0) is 21.7. The van der Waals surface area contributed by atoms with E-state index in [4.69, 9.17) is 0 Å². The van der Waals surface area contributed by atoms with Crippen molar-refractivity contribution in [2.24, 2.45) is 0 Å². The Morgan fingerprint density at radius 1 is 1.20 bits per heavy atom. The molecule has 3 heterocycles. The Labute approximate surface area is 177 Å². The normalized spacial score (nSPS) is 17.2. The summed E-state index contributed by atoms with van der Waals surface area (Å²) in [6, 6.07) is 4.92. The van der Waals surface area contributed by atoms with E-state index >= 15 is 0 Å². The molecule has 1 aliphatic rings. The Morgan fingerprint density at radius 3 is 2.63 bits per heavy atom. The number of piperazine rings is 1. The highest BCUT2D eigenvalue weighted by Gasteiger charge is 2.38. The van der Waals surface area contributed by atoms with Crippen molar-refractivity contribution in [2.75, 3.05) is 26.7 Å². The summed E-state index contributed by atoms with van der Waals surface area (Å²) in [6.45, 7) is 1.97. The maximum atomic E-state index is 13.0. The van der Waals surface area contributed by atoms with Crippen molar-refractivity contribution in [3.8, 4) is 0 Å². The van der Waals surface area contributed by atoms with Crippen LogP contribution in [0.4, 0.5) is 0 Å². The molecular formula is C20H22N4O5S. The van der Waals surface area contributed by atoms with Crippen LogP contribution < -0.4 is 5.32 Å². The van der Waals surface area contributed by atoms with Crippen molar-refractivity contribution in [3.63, 3.8) is 0 Å². The van der Waals surface area contributed by atoms with Gasteiger partial charge in [0, 0.05) is 25.5 Å². The number of hydrogen-bond acceptors (Lipinski definition) is 7. The maximum Gasteiger partial charge on any atom is 0.328 e. The third-order valence-corrected chi connectivity index (χ3v) is 5.64. The van der Waals surface area contributed by atoms with Crippen LogP contribution in [0.5, 0.6) is 0 Å². The monoisotopic (exact) mass is 430 g/mol. The molecule has 0 saturated carbocycles. The van der Waals surface area contributed by atoms with Crippen LogP contribution in [0.25, 0.3) is 0 Å². The molecule has 10 heteroatoms. The molecular weight excluding hydrogens is 408 g/mol. The number of ether oxygens (including phenoxy) is 1. The Balaban J connectivity index is 1.82. The molecule has 9 nitrogen and oxygen atoms in total. The summed E-state index contributed by atoms with van der Waals surface area (Å²) in [5.74, 6) is -1.69. The first-order valence-corrected chi connectivity index (χ1v) is 10.2. The van der Waals surface area contributed by atoms with Crippen molar-refractivity contribution >= 4 is 35.0 Å². The van der Waals surface area contributed by atoms with Crippen LogP contribution in [0.1, 0.15) is 27.0 Å². The second-order valence-electron chi connectivity index (χ2n) is 6.74. The molecule has 2 atom stereocenters. The number of rotatable bonds is 5. The smallest absolute Gasteiger partial charge is 0.328 e. The topological polar surface area (TPSA) is 109 Å². The van der Waals surface area contributed by atoms with Gasteiger partial charge in [-0.1, -0.05) is 6.07 Å². The average Bonchev–Trinajstić information content (AvgIpc) is 3.32. The third kappa shape index (κ3) is 4.65. The zero-order valence-electron chi connectivity index (χ0n) is 16.6. The number of amides is 3. The van der Waals surface area contributed by atoms with Crippen molar-refractivity contribution < 1.29 is 23.9 Å². The first-order valence-electron chi connectivity index (χ1n) is 9.34. The van der Waals surface area contributed by atoms with Gasteiger partial charge in [-0.2, -0.15) is 0 Å².